The van der Waals surface area contributed by atoms with Gasteiger partial charge in [-0.1, -0.05) is 27.2 Å². The fourth-order valence-electron chi connectivity index (χ4n) is 1.63. The summed E-state index contributed by atoms with van der Waals surface area (Å²) in [5.74, 6) is 0.746. The molecule has 4 heteroatoms. The summed E-state index contributed by atoms with van der Waals surface area (Å²) < 4.78 is 12.1. The Hall–Kier alpha value is 0.427. The van der Waals surface area contributed by atoms with Crippen molar-refractivity contribution in [2.75, 3.05) is 19.1 Å². The van der Waals surface area contributed by atoms with E-state index in [9.17, 15) is 0 Å². The summed E-state index contributed by atoms with van der Waals surface area (Å²) in [6.07, 6.45) is 4.34. The Morgan fingerprint density at radius 3 is 1.88 bits per heavy atom. The summed E-state index contributed by atoms with van der Waals surface area (Å²) in [4.78, 5) is 0. The van der Waals surface area contributed by atoms with Crippen molar-refractivity contribution in [2.45, 2.75) is 58.5 Å². The topological polar surface area (TPSA) is 18.5 Å². The third-order valence-electron chi connectivity index (χ3n) is 2.62. The van der Waals surface area contributed by atoms with Gasteiger partial charge in [-0.05, 0) is 31.4 Å². The maximum absolute atomic E-state index is 6.05. The van der Waals surface area contributed by atoms with E-state index in [4.69, 9.17) is 20.5 Å². The van der Waals surface area contributed by atoms with Crippen LogP contribution < -0.4 is 0 Å². The fraction of sp³-hybridized carbons (Fsp3) is 1.00. The molecule has 0 aliphatic rings. The Labute approximate surface area is 107 Å². The smallest absolute Gasteiger partial charge is 0.337 e. The van der Waals surface area contributed by atoms with Crippen molar-refractivity contribution in [2.24, 2.45) is 0 Å². The SMILES string of the molecule is CCCO[Si](CC)(CCCCCl)OCCC. The lowest BCUT2D eigenvalue weighted by molar-refractivity contribution is 0.167. The van der Waals surface area contributed by atoms with Crippen LogP contribution in [0.4, 0.5) is 0 Å². The van der Waals surface area contributed by atoms with Gasteiger partial charge in [0.15, 0.2) is 0 Å². The lowest BCUT2D eigenvalue weighted by Crippen LogP contribution is -2.42. The summed E-state index contributed by atoms with van der Waals surface area (Å²) in [6, 6.07) is 2.14. The summed E-state index contributed by atoms with van der Waals surface area (Å²) in [5, 5.41) is 0. The standard InChI is InChI=1S/C12H27ClO2Si/c1-4-10-14-16(6-3,15-11-5-2)12-8-7-9-13/h4-12H2,1-3H3. The highest BCUT2D eigenvalue weighted by atomic mass is 35.5. The highest BCUT2D eigenvalue weighted by molar-refractivity contribution is 6.67. The van der Waals surface area contributed by atoms with Gasteiger partial charge in [0.1, 0.15) is 0 Å². The van der Waals surface area contributed by atoms with E-state index in [1.807, 2.05) is 0 Å². The number of rotatable bonds is 11. The van der Waals surface area contributed by atoms with E-state index >= 15 is 0 Å². The van der Waals surface area contributed by atoms with Crippen LogP contribution >= 0.6 is 11.6 Å². The lowest BCUT2D eigenvalue weighted by atomic mass is 10.4. The summed E-state index contributed by atoms with van der Waals surface area (Å²) in [6.45, 7) is 8.16. The van der Waals surface area contributed by atoms with Crippen molar-refractivity contribution in [1.29, 1.82) is 0 Å². The van der Waals surface area contributed by atoms with E-state index in [0.29, 0.717) is 0 Å². The Morgan fingerprint density at radius 2 is 1.50 bits per heavy atom. The molecule has 0 heterocycles. The van der Waals surface area contributed by atoms with Crippen molar-refractivity contribution < 1.29 is 8.85 Å². The van der Waals surface area contributed by atoms with Crippen molar-refractivity contribution in [1.82, 2.24) is 0 Å². The zero-order chi connectivity index (χ0) is 12.3. The molecule has 98 valence electrons. The highest BCUT2D eigenvalue weighted by Crippen LogP contribution is 2.22. The van der Waals surface area contributed by atoms with E-state index in [2.05, 4.69) is 20.8 Å². The van der Waals surface area contributed by atoms with E-state index < -0.39 is 8.56 Å². The van der Waals surface area contributed by atoms with Gasteiger partial charge in [0, 0.05) is 19.1 Å². The molecule has 0 aliphatic heterocycles. The third kappa shape index (κ3) is 6.89. The van der Waals surface area contributed by atoms with Gasteiger partial charge in [0.25, 0.3) is 0 Å². The van der Waals surface area contributed by atoms with Crippen LogP contribution in [0.15, 0.2) is 0 Å². The molecule has 0 aromatic rings. The number of alkyl halides is 1. The Kier molecular flexibility index (Phi) is 10.9. The Balaban J connectivity index is 4.16. The maximum atomic E-state index is 6.05. The van der Waals surface area contributed by atoms with E-state index in [0.717, 1.165) is 56.9 Å². The van der Waals surface area contributed by atoms with E-state index in [-0.39, 0.29) is 0 Å². The monoisotopic (exact) mass is 266 g/mol. The van der Waals surface area contributed by atoms with Gasteiger partial charge in [0.05, 0.1) is 0 Å². The average Bonchev–Trinajstić information content (AvgIpc) is 2.32. The highest BCUT2D eigenvalue weighted by Gasteiger charge is 2.34. The van der Waals surface area contributed by atoms with Gasteiger partial charge in [0.2, 0.25) is 0 Å². The van der Waals surface area contributed by atoms with Crippen molar-refractivity contribution >= 4 is 20.2 Å². The molecular formula is C12H27ClO2Si. The molecule has 0 N–H and O–H groups in total. The summed E-state index contributed by atoms with van der Waals surface area (Å²) >= 11 is 5.72. The zero-order valence-electron chi connectivity index (χ0n) is 11.1. The van der Waals surface area contributed by atoms with Gasteiger partial charge < -0.3 is 8.85 Å². The second-order valence-corrected chi connectivity index (χ2v) is 8.09. The van der Waals surface area contributed by atoms with Crippen LogP contribution in [-0.2, 0) is 8.85 Å². The molecule has 0 aromatic heterocycles. The van der Waals surface area contributed by atoms with E-state index in [1.165, 1.54) is 0 Å². The molecule has 0 amide bonds. The number of hydrogen-bond donors (Lipinski definition) is 0. The maximum Gasteiger partial charge on any atom is 0.337 e. The van der Waals surface area contributed by atoms with Crippen LogP contribution in [0.25, 0.3) is 0 Å². The van der Waals surface area contributed by atoms with Crippen LogP contribution in [0.2, 0.25) is 12.1 Å². The first-order chi connectivity index (χ1) is 7.74. The normalized spacial score (nSPS) is 12.0. The van der Waals surface area contributed by atoms with Crippen molar-refractivity contribution in [3.05, 3.63) is 0 Å². The summed E-state index contributed by atoms with van der Waals surface area (Å²) in [7, 11) is -1.91. The van der Waals surface area contributed by atoms with Crippen LogP contribution in [-0.4, -0.2) is 27.7 Å². The Morgan fingerprint density at radius 1 is 0.938 bits per heavy atom. The molecule has 0 spiro atoms. The number of halogens is 1. The molecule has 0 bridgehead atoms. The average molecular weight is 267 g/mol. The lowest BCUT2D eigenvalue weighted by Gasteiger charge is -2.29. The van der Waals surface area contributed by atoms with Crippen LogP contribution in [0, 0.1) is 0 Å². The van der Waals surface area contributed by atoms with Gasteiger partial charge in [-0.2, -0.15) is 0 Å². The molecule has 0 rings (SSSR count). The summed E-state index contributed by atoms with van der Waals surface area (Å²) in [5.41, 5.74) is 0. The van der Waals surface area contributed by atoms with Crippen molar-refractivity contribution in [3.63, 3.8) is 0 Å². The van der Waals surface area contributed by atoms with Crippen LogP contribution in [0.5, 0.6) is 0 Å². The number of hydrogen-bond acceptors (Lipinski definition) is 2. The second-order valence-electron chi connectivity index (χ2n) is 4.11. The van der Waals surface area contributed by atoms with Gasteiger partial charge in [-0.25, -0.2) is 0 Å². The van der Waals surface area contributed by atoms with Crippen LogP contribution in [0.3, 0.4) is 0 Å². The molecule has 0 aromatic carbocycles. The second kappa shape index (κ2) is 10.6. The predicted molar refractivity (Wildman–Crippen MR) is 73.5 cm³/mol. The molecular weight excluding hydrogens is 240 g/mol. The molecule has 16 heavy (non-hydrogen) atoms. The predicted octanol–water partition coefficient (Wildman–Crippen LogP) is 4.32. The van der Waals surface area contributed by atoms with Gasteiger partial charge in [-0.3, -0.25) is 0 Å². The quantitative estimate of drug-likeness (QED) is 0.315. The molecule has 0 fully saturated rings. The molecule has 0 aliphatic carbocycles. The number of unbranched alkanes of at least 4 members (excludes halogenated alkanes) is 1. The zero-order valence-corrected chi connectivity index (χ0v) is 12.8. The first-order valence-electron chi connectivity index (χ1n) is 6.58. The minimum atomic E-state index is -1.91. The molecule has 0 saturated heterocycles. The third-order valence-corrected chi connectivity index (χ3v) is 6.54. The van der Waals surface area contributed by atoms with Crippen molar-refractivity contribution in [3.8, 4) is 0 Å². The van der Waals surface area contributed by atoms with Crippen LogP contribution in [0.1, 0.15) is 46.5 Å². The largest absolute Gasteiger partial charge is 0.394 e. The first-order valence-corrected chi connectivity index (χ1v) is 9.35. The minimum Gasteiger partial charge on any atom is -0.394 e. The molecule has 0 unspecified atom stereocenters. The fourth-order valence-corrected chi connectivity index (χ4v) is 4.90. The van der Waals surface area contributed by atoms with E-state index in [1.54, 1.807) is 0 Å². The molecule has 0 atom stereocenters. The minimum absolute atomic E-state index is 0.746. The van der Waals surface area contributed by atoms with Gasteiger partial charge in [-0.15, -0.1) is 11.6 Å². The molecule has 2 nitrogen and oxygen atoms in total. The molecule has 0 saturated carbocycles. The Bertz CT molecular complexity index is 148. The first kappa shape index (κ1) is 16.4. The molecule has 0 radical (unpaired) electrons. The van der Waals surface area contributed by atoms with Gasteiger partial charge >= 0.3 is 8.56 Å².